The van der Waals surface area contributed by atoms with Crippen LogP contribution in [0.25, 0.3) is 0 Å². The van der Waals surface area contributed by atoms with Gasteiger partial charge < -0.3 is 5.32 Å². The van der Waals surface area contributed by atoms with Gasteiger partial charge in [0.2, 0.25) is 5.28 Å². The van der Waals surface area contributed by atoms with Gasteiger partial charge in [-0.05, 0) is 34.0 Å². The summed E-state index contributed by atoms with van der Waals surface area (Å²) in [6.45, 7) is 2.06. The van der Waals surface area contributed by atoms with Crippen LogP contribution in [-0.4, -0.2) is 16.0 Å². The van der Waals surface area contributed by atoms with E-state index >= 15 is 0 Å². The number of nitrogens with one attached hydrogen (secondary N) is 1. The molecule has 0 bridgehead atoms. The Morgan fingerprint density at radius 3 is 3.07 bits per heavy atom. The molecule has 5 heteroatoms. The first kappa shape index (κ1) is 12.3. The van der Waals surface area contributed by atoms with Crippen molar-refractivity contribution in [3.8, 4) is 12.3 Å². The fourth-order valence-electron chi connectivity index (χ4n) is 1.08. The fraction of sp³-hybridized carbons (Fsp3) is 0.400. The molecule has 0 aliphatic carbocycles. The molecule has 1 atom stereocenters. The molecule has 3 nitrogen and oxygen atoms in total. The lowest BCUT2D eigenvalue weighted by molar-refractivity contribution is 0.710. The van der Waals surface area contributed by atoms with Gasteiger partial charge in [0, 0.05) is 18.7 Å². The summed E-state index contributed by atoms with van der Waals surface area (Å²) in [5.41, 5.74) is 0. The molecule has 0 aliphatic heterocycles. The van der Waals surface area contributed by atoms with Gasteiger partial charge >= 0.3 is 0 Å². The maximum absolute atomic E-state index is 5.70. The first-order valence-electron chi connectivity index (χ1n) is 4.55. The van der Waals surface area contributed by atoms with Crippen molar-refractivity contribution in [3.63, 3.8) is 0 Å². The van der Waals surface area contributed by atoms with Crippen LogP contribution in [0.2, 0.25) is 5.28 Å². The van der Waals surface area contributed by atoms with Gasteiger partial charge in [0.25, 0.3) is 0 Å². The molecule has 0 amide bonds. The number of anilines is 1. The standard InChI is InChI=1S/C10H11BrClN3/c1-3-5-7(4-2)14-9-8(11)6-13-10(12)15-9/h1,6-7H,4-5H2,2H3,(H,13,14,15). The van der Waals surface area contributed by atoms with Crippen LogP contribution in [0.4, 0.5) is 5.82 Å². The molecule has 1 aromatic heterocycles. The van der Waals surface area contributed by atoms with Crippen molar-refractivity contribution in [3.05, 3.63) is 16.0 Å². The van der Waals surface area contributed by atoms with Crippen molar-refractivity contribution in [1.29, 1.82) is 0 Å². The second-order valence-corrected chi connectivity index (χ2v) is 4.19. The molecular formula is C10H11BrClN3. The molecule has 80 valence electrons. The van der Waals surface area contributed by atoms with Crippen molar-refractivity contribution in [2.24, 2.45) is 0 Å². The minimum atomic E-state index is 0.206. The van der Waals surface area contributed by atoms with Crippen LogP contribution < -0.4 is 5.32 Å². The number of nitrogens with zero attached hydrogens (tertiary/aromatic N) is 2. The number of rotatable bonds is 4. The lowest BCUT2D eigenvalue weighted by Crippen LogP contribution is -2.18. The number of aromatic nitrogens is 2. The summed E-state index contributed by atoms with van der Waals surface area (Å²) in [6, 6.07) is 0.206. The zero-order chi connectivity index (χ0) is 11.3. The maximum atomic E-state index is 5.70. The third-order valence-corrected chi connectivity index (χ3v) is 2.68. The van der Waals surface area contributed by atoms with Crippen molar-refractivity contribution >= 4 is 33.3 Å². The van der Waals surface area contributed by atoms with Crippen LogP contribution in [0.5, 0.6) is 0 Å². The highest BCUT2D eigenvalue weighted by molar-refractivity contribution is 9.10. The van der Waals surface area contributed by atoms with Gasteiger partial charge in [-0.25, -0.2) is 4.98 Å². The molecule has 1 N–H and O–H groups in total. The highest BCUT2D eigenvalue weighted by Gasteiger charge is 2.09. The Balaban J connectivity index is 2.78. The Morgan fingerprint density at radius 1 is 1.73 bits per heavy atom. The highest BCUT2D eigenvalue weighted by atomic mass is 79.9. The maximum Gasteiger partial charge on any atom is 0.224 e. The third-order valence-electron chi connectivity index (χ3n) is 1.91. The van der Waals surface area contributed by atoms with Crippen LogP contribution in [0, 0.1) is 12.3 Å². The van der Waals surface area contributed by atoms with Crippen molar-refractivity contribution in [2.75, 3.05) is 5.32 Å². The first-order chi connectivity index (χ1) is 7.17. The van der Waals surface area contributed by atoms with Gasteiger partial charge in [-0.2, -0.15) is 4.98 Å². The molecule has 0 spiro atoms. The molecule has 0 radical (unpaired) electrons. The molecular weight excluding hydrogens is 277 g/mol. The molecule has 0 fully saturated rings. The molecule has 1 aromatic rings. The second-order valence-electron chi connectivity index (χ2n) is 2.99. The van der Waals surface area contributed by atoms with Gasteiger partial charge in [0.15, 0.2) is 0 Å². The summed E-state index contributed by atoms with van der Waals surface area (Å²) in [6.07, 6.45) is 8.46. The van der Waals surface area contributed by atoms with Gasteiger partial charge in [-0.15, -0.1) is 12.3 Å². The van der Waals surface area contributed by atoms with Crippen LogP contribution in [-0.2, 0) is 0 Å². The second kappa shape index (κ2) is 5.94. The number of hydrogen-bond acceptors (Lipinski definition) is 3. The van der Waals surface area contributed by atoms with E-state index in [1.54, 1.807) is 6.20 Å². The summed E-state index contributed by atoms with van der Waals surface area (Å²) in [5, 5.41) is 3.43. The number of halogens is 2. The Hall–Kier alpha value is -0.790. The molecule has 0 saturated carbocycles. The SMILES string of the molecule is C#CCC(CC)Nc1nc(Cl)ncc1Br. The summed E-state index contributed by atoms with van der Waals surface area (Å²) in [5.74, 6) is 3.30. The third kappa shape index (κ3) is 3.69. The lowest BCUT2D eigenvalue weighted by Gasteiger charge is -2.15. The largest absolute Gasteiger partial charge is 0.365 e. The topological polar surface area (TPSA) is 37.8 Å². The number of terminal acetylenes is 1. The van der Waals surface area contributed by atoms with E-state index < -0.39 is 0 Å². The average molecular weight is 289 g/mol. The predicted octanol–water partition coefficient (Wildman–Crippen LogP) is 3.11. The molecule has 1 unspecified atom stereocenters. The monoisotopic (exact) mass is 287 g/mol. The fourth-order valence-corrected chi connectivity index (χ4v) is 1.52. The van der Waals surface area contributed by atoms with Crippen LogP contribution in [0.3, 0.4) is 0 Å². The van der Waals surface area contributed by atoms with Crippen molar-refractivity contribution in [2.45, 2.75) is 25.8 Å². The van der Waals surface area contributed by atoms with Crippen LogP contribution >= 0.6 is 27.5 Å². The molecule has 0 aromatic carbocycles. The van der Waals surface area contributed by atoms with E-state index in [4.69, 9.17) is 18.0 Å². The van der Waals surface area contributed by atoms with Gasteiger partial charge in [0.1, 0.15) is 5.82 Å². The van der Waals surface area contributed by atoms with E-state index in [-0.39, 0.29) is 11.3 Å². The molecule has 0 saturated heterocycles. The minimum absolute atomic E-state index is 0.206. The zero-order valence-electron chi connectivity index (χ0n) is 8.30. The van der Waals surface area contributed by atoms with Crippen molar-refractivity contribution < 1.29 is 0 Å². The quantitative estimate of drug-likeness (QED) is 0.683. The van der Waals surface area contributed by atoms with Crippen molar-refractivity contribution in [1.82, 2.24) is 9.97 Å². The lowest BCUT2D eigenvalue weighted by atomic mass is 10.1. The van der Waals surface area contributed by atoms with Gasteiger partial charge in [-0.1, -0.05) is 6.92 Å². The highest BCUT2D eigenvalue weighted by Crippen LogP contribution is 2.21. The van der Waals surface area contributed by atoms with Crippen LogP contribution in [0.1, 0.15) is 19.8 Å². The van der Waals surface area contributed by atoms with Gasteiger partial charge in [0.05, 0.1) is 4.47 Å². The number of hydrogen-bond donors (Lipinski definition) is 1. The normalized spacial score (nSPS) is 11.9. The summed E-state index contributed by atoms with van der Waals surface area (Å²) in [7, 11) is 0. The van der Waals surface area contributed by atoms with E-state index in [1.807, 2.05) is 0 Å². The Morgan fingerprint density at radius 2 is 2.47 bits per heavy atom. The first-order valence-corrected chi connectivity index (χ1v) is 5.72. The Bertz CT molecular complexity index is 375. The Kier molecular flexibility index (Phi) is 4.86. The predicted molar refractivity (Wildman–Crippen MR) is 65.9 cm³/mol. The summed E-state index contributed by atoms with van der Waals surface area (Å²) in [4.78, 5) is 7.92. The summed E-state index contributed by atoms with van der Waals surface area (Å²) < 4.78 is 0.780. The van der Waals surface area contributed by atoms with Crippen LogP contribution in [0.15, 0.2) is 10.7 Å². The average Bonchev–Trinajstić information content (AvgIpc) is 2.22. The Labute approximate surface area is 103 Å². The molecule has 0 aliphatic rings. The molecule has 1 rings (SSSR count). The molecule has 1 heterocycles. The van der Waals surface area contributed by atoms with E-state index in [2.05, 4.69) is 44.1 Å². The van der Waals surface area contributed by atoms with Gasteiger partial charge in [-0.3, -0.25) is 0 Å². The minimum Gasteiger partial charge on any atom is -0.365 e. The van der Waals surface area contributed by atoms with E-state index in [9.17, 15) is 0 Å². The zero-order valence-corrected chi connectivity index (χ0v) is 10.6. The molecule has 15 heavy (non-hydrogen) atoms. The van der Waals surface area contributed by atoms with E-state index in [0.29, 0.717) is 12.2 Å². The van der Waals surface area contributed by atoms with E-state index in [0.717, 1.165) is 10.9 Å². The summed E-state index contributed by atoms with van der Waals surface area (Å²) >= 11 is 9.04. The van der Waals surface area contributed by atoms with E-state index in [1.165, 1.54) is 0 Å². The smallest absolute Gasteiger partial charge is 0.224 e.